The molecule has 1 fully saturated rings. The predicted octanol–water partition coefficient (Wildman–Crippen LogP) is 7.83. The Morgan fingerprint density at radius 3 is 2.08 bits per heavy atom. The van der Waals surface area contributed by atoms with E-state index < -0.39 is 28.9 Å². The lowest BCUT2D eigenvalue weighted by Crippen LogP contribution is -2.51. The topological polar surface area (TPSA) is 79.8 Å². The molecule has 0 spiro atoms. The lowest BCUT2D eigenvalue weighted by molar-refractivity contribution is -0.152. The number of aliphatic carboxylic acids is 1. The summed E-state index contributed by atoms with van der Waals surface area (Å²) < 4.78 is 40.5. The number of fused-ring (bicyclic) bond motifs is 1. The summed E-state index contributed by atoms with van der Waals surface area (Å²) in [4.78, 5) is 11.4. The summed E-state index contributed by atoms with van der Waals surface area (Å²) in [6.45, 7) is 3.29. The maximum atomic E-state index is 14.3. The fourth-order valence-electron chi connectivity index (χ4n) is 5.75. The van der Waals surface area contributed by atoms with Crippen LogP contribution in [0.4, 0.5) is 20.2 Å². The van der Waals surface area contributed by atoms with E-state index in [2.05, 4.69) is 10.6 Å². The van der Waals surface area contributed by atoms with Crippen molar-refractivity contribution in [1.29, 1.82) is 0 Å². The molecule has 1 unspecified atom stereocenters. The van der Waals surface area contributed by atoms with Crippen LogP contribution < -0.4 is 20.1 Å². The molecule has 0 amide bonds. The van der Waals surface area contributed by atoms with E-state index in [1.807, 2.05) is 24.3 Å². The Balaban J connectivity index is 1.46. The summed E-state index contributed by atoms with van der Waals surface area (Å²) >= 11 is 6.23. The number of ether oxygens (including phenoxy) is 2. The van der Waals surface area contributed by atoms with E-state index in [9.17, 15) is 18.7 Å². The van der Waals surface area contributed by atoms with E-state index in [1.54, 1.807) is 24.3 Å². The van der Waals surface area contributed by atoms with Crippen LogP contribution in [0.1, 0.15) is 51.5 Å². The third-order valence-corrected chi connectivity index (χ3v) is 8.19. The average molecular weight is 571 g/mol. The summed E-state index contributed by atoms with van der Waals surface area (Å²) in [5, 5.41) is 17.0. The quantitative estimate of drug-likeness (QED) is 0.243. The van der Waals surface area contributed by atoms with Crippen molar-refractivity contribution in [1.82, 2.24) is 0 Å². The highest BCUT2D eigenvalue weighted by atomic mass is 35.5. The van der Waals surface area contributed by atoms with Crippen molar-refractivity contribution in [3.63, 3.8) is 0 Å². The van der Waals surface area contributed by atoms with Crippen molar-refractivity contribution < 1.29 is 28.2 Å². The third kappa shape index (κ3) is 5.68. The molecule has 1 saturated carbocycles. The van der Waals surface area contributed by atoms with Crippen LogP contribution in [0.25, 0.3) is 0 Å². The van der Waals surface area contributed by atoms with Crippen molar-refractivity contribution in [3.8, 4) is 11.5 Å². The first kappa shape index (κ1) is 28.0. The molecule has 0 radical (unpaired) electrons. The van der Waals surface area contributed by atoms with Crippen molar-refractivity contribution in [2.45, 2.75) is 57.2 Å². The number of hydrogen-bond acceptors (Lipinski definition) is 5. The number of carboxylic acid groups (broad SMARTS) is 1. The molecule has 9 heteroatoms. The molecule has 0 saturated heterocycles. The highest BCUT2D eigenvalue weighted by Crippen LogP contribution is 2.49. The zero-order valence-electron chi connectivity index (χ0n) is 22.5. The fourth-order valence-corrected chi connectivity index (χ4v) is 5.87. The highest BCUT2D eigenvalue weighted by Gasteiger charge is 2.49. The van der Waals surface area contributed by atoms with Crippen LogP contribution in [-0.4, -0.2) is 23.3 Å². The van der Waals surface area contributed by atoms with Gasteiger partial charge in [-0.25, -0.2) is 13.6 Å². The molecule has 1 heterocycles. The molecule has 0 bridgehead atoms. The van der Waals surface area contributed by atoms with E-state index >= 15 is 0 Å². The van der Waals surface area contributed by atoms with E-state index in [-0.39, 0.29) is 11.8 Å². The van der Waals surface area contributed by atoms with Gasteiger partial charge in [0.2, 0.25) is 0 Å². The summed E-state index contributed by atoms with van der Waals surface area (Å²) in [7, 11) is 0. The minimum absolute atomic E-state index is 0.130. The number of nitrogens with one attached hydrogen (secondary N) is 2. The van der Waals surface area contributed by atoms with Gasteiger partial charge in [-0.15, -0.1) is 0 Å². The second-order valence-corrected chi connectivity index (χ2v) is 11.5. The lowest BCUT2D eigenvalue weighted by Gasteiger charge is -2.44. The van der Waals surface area contributed by atoms with Gasteiger partial charge in [0.25, 0.3) is 0 Å². The number of halogens is 3. The zero-order valence-corrected chi connectivity index (χ0v) is 23.2. The Morgan fingerprint density at radius 2 is 1.52 bits per heavy atom. The SMILES string of the molecule is CC(C)(Oc1ccc(OCC(C2CCCCC2)C2(c3ccc(Cl)cc3)Nc3cc(F)c(F)cc3N2)cc1)C(=O)O. The van der Waals surface area contributed by atoms with Gasteiger partial charge in [0.1, 0.15) is 17.2 Å². The molecule has 6 nitrogen and oxygen atoms in total. The fraction of sp³-hybridized carbons (Fsp3) is 0.387. The molecule has 3 aromatic carbocycles. The Bertz CT molecular complexity index is 1330. The van der Waals surface area contributed by atoms with Gasteiger partial charge in [0.15, 0.2) is 17.2 Å². The standard InChI is InChI=1S/C31H33ClF2N2O4/c1-30(2,29(37)38)40-23-14-12-22(13-15-23)39-18-24(19-6-4-3-5-7-19)31(20-8-10-21(32)11-9-20)35-27-16-25(33)26(34)17-28(27)36-31/h8-17,19,24,35-36H,3-7,18H2,1-2H3,(H,37,38). The van der Waals surface area contributed by atoms with Gasteiger partial charge < -0.3 is 25.2 Å². The Kier molecular flexibility index (Phi) is 7.82. The van der Waals surface area contributed by atoms with Gasteiger partial charge in [0.05, 0.1) is 18.0 Å². The van der Waals surface area contributed by atoms with E-state index in [0.717, 1.165) is 31.2 Å². The smallest absolute Gasteiger partial charge is 0.347 e. The summed E-state index contributed by atoms with van der Waals surface area (Å²) in [5.74, 6) is -1.74. The summed E-state index contributed by atoms with van der Waals surface area (Å²) in [5.41, 5.74) is -0.418. The van der Waals surface area contributed by atoms with Crippen molar-refractivity contribution >= 4 is 28.9 Å². The van der Waals surface area contributed by atoms with Crippen molar-refractivity contribution in [2.75, 3.05) is 17.2 Å². The first-order valence-corrected chi connectivity index (χ1v) is 13.9. The highest BCUT2D eigenvalue weighted by molar-refractivity contribution is 6.30. The molecule has 40 heavy (non-hydrogen) atoms. The third-order valence-electron chi connectivity index (χ3n) is 7.94. The first-order chi connectivity index (χ1) is 19.1. The van der Waals surface area contributed by atoms with Gasteiger partial charge in [-0.3, -0.25) is 0 Å². The van der Waals surface area contributed by atoms with Gasteiger partial charge in [0, 0.05) is 23.1 Å². The van der Waals surface area contributed by atoms with Crippen molar-refractivity contribution in [3.05, 3.63) is 82.9 Å². The average Bonchev–Trinajstić information content (AvgIpc) is 3.29. The number of hydrogen-bond donors (Lipinski definition) is 3. The number of carbonyl (C=O) groups is 1. The van der Waals surface area contributed by atoms with E-state index in [1.165, 1.54) is 32.4 Å². The summed E-state index contributed by atoms with van der Waals surface area (Å²) in [6, 6.07) is 16.7. The second kappa shape index (κ2) is 11.2. The zero-order chi connectivity index (χ0) is 28.5. The van der Waals surface area contributed by atoms with Crippen LogP contribution in [0.15, 0.2) is 60.7 Å². The van der Waals surface area contributed by atoms with Gasteiger partial charge in [-0.2, -0.15) is 0 Å². The lowest BCUT2D eigenvalue weighted by atomic mass is 9.72. The largest absolute Gasteiger partial charge is 0.493 e. The van der Waals surface area contributed by atoms with Crippen LogP contribution in [0.3, 0.4) is 0 Å². The number of rotatable bonds is 9. The van der Waals surface area contributed by atoms with Crippen LogP contribution >= 0.6 is 11.6 Å². The van der Waals surface area contributed by atoms with Crippen LogP contribution in [0, 0.1) is 23.5 Å². The molecule has 3 aromatic rings. The molecule has 3 N–H and O–H groups in total. The summed E-state index contributed by atoms with van der Waals surface area (Å²) in [6.07, 6.45) is 5.37. The molecule has 1 atom stereocenters. The Hall–Kier alpha value is -3.52. The minimum Gasteiger partial charge on any atom is -0.493 e. The predicted molar refractivity (Wildman–Crippen MR) is 151 cm³/mol. The maximum absolute atomic E-state index is 14.3. The molecular weight excluding hydrogens is 538 g/mol. The normalized spacial score (nSPS) is 17.3. The number of anilines is 2. The molecule has 212 valence electrons. The first-order valence-electron chi connectivity index (χ1n) is 13.5. The maximum Gasteiger partial charge on any atom is 0.347 e. The van der Waals surface area contributed by atoms with Gasteiger partial charge in [-0.05, 0) is 74.6 Å². The number of benzene rings is 3. The molecule has 5 rings (SSSR count). The van der Waals surface area contributed by atoms with Gasteiger partial charge >= 0.3 is 5.97 Å². The molecule has 1 aliphatic carbocycles. The Morgan fingerprint density at radius 1 is 0.975 bits per heavy atom. The van der Waals surface area contributed by atoms with Gasteiger partial charge in [-0.1, -0.05) is 43.0 Å². The van der Waals surface area contributed by atoms with E-state index in [4.69, 9.17) is 21.1 Å². The minimum atomic E-state index is -1.37. The van der Waals surface area contributed by atoms with Crippen LogP contribution in [0.2, 0.25) is 5.02 Å². The molecular formula is C31H33ClF2N2O4. The monoisotopic (exact) mass is 570 g/mol. The molecule has 1 aliphatic heterocycles. The Labute approximate surface area is 237 Å². The van der Waals surface area contributed by atoms with Crippen LogP contribution in [0.5, 0.6) is 11.5 Å². The number of carboxylic acids is 1. The van der Waals surface area contributed by atoms with Crippen LogP contribution in [-0.2, 0) is 10.5 Å². The van der Waals surface area contributed by atoms with E-state index in [0.29, 0.717) is 34.5 Å². The molecule has 0 aromatic heterocycles. The molecule has 2 aliphatic rings. The second-order valence-electron chi connectivity index (χ2n) is 11.1. The van der Waals surface area contributed by atoms with Crippen molar-refractivity contribution in [2.24, 2.45) is 11.8 Å².